The molecule has 32 heavy (non-hydrogen) atoms. The van der Waals surface area contributed by atoms with E-state index in [1.807, 2.05) is 6.08 Å². The number of ether oxygens (including phenoxy) is 1. The summed E-state index contributed by atoms with van der Waals surface area (Å²) >= 11 is 0. The van der Waals surface area contributed by atoms with Gasteiger partial charge in [0.2, 0.25) is 0 Å². The molecule has 0 aromatic heterocycles. The van der Waals surface area contributed by atoms with Gasteiger partial charge in [0.15, 0.2) is 9.84 Å². The van der Waals surface area contributed by atoms with Gasteiger partial charge in [-0.1, -0.05) is 25.1 Å². The molecule has 0 saturated carbocycles. The van der Waals surface area contributed by atoms with Crippen molar-refractivity contribution >= 4 is 32.8 Å². The fourth-order valence-electron chi connectivity index (χ4n) is 3.32. The highest BCUT2D eigenvalue weighted by Gasteiger charge is 2.30. The van der Waals surface area contributed by atoms with Crippen molar-refractivity contribution in [3.63, 3.8) is 0 Å². The summed E-state index contributed by atoms with van der Waals surface area (Å²) in [4.78, 5) is 12.6. The number of halogens is 3. The van der Waals surface area contributed by atoms with Crippen molar-refractivity contribution in [1.82, 2.24) is 0 Å². The zero-order valence-corrected chi connectivity index (χ0v) is 18.1. The lowest BCUT2D eigenvalue weighted by molar-refractivity contribution is -0.137. The Kier molecular flexibility index (Phi) is 7.25. The van der Waals surface area contributed by atoms with Crippen molar-refractivity contribution in [3.05, 3.63) is 59.7 Å². The zero-order chi connectivity index (χ0) is 23.4. The molecule has 172 valence electrons. The predicted octanol–water partition coefficient (Wildman–Crippen LogP) is 5.34. The quantitative estimate of drug-likeness (QED) is 0.600. The number of carbonyl (C=O) groups is 1. The SMILES string of the molecule is CCCS(=O)(=O)c1ccc(C2=CCOCC2)c(NC(=O)Nc2cccc(C(F)(F)F)c2)c1. The van der Waals surface area contributed by atoms with Gasteiger partial charge in [0.05, 0.1) is 35.1 Å². The summed E-state index contributed by atoms with van der Waals surface area (Å²) in [6.07, 6.45) is -1.69. The van der Waals surface area contributed by atoms with Gasteiger partial charge in [0.25, 0.3) is 0 Å². The van der Waals surface area contributed by atoms with Gasteiger partial charge in [-0.3, -0.25) is 0 Å². The number of sulfone groups is 1. The Balaban J connectivity index is 1.90. The van der Waals surface area contributed by atoms with Crippen LogP contribution in [0.2, 0.25) is 0 Å². The van der Waals surface area contributed by atoms with Gasteiger partial charge in [-0.25, -0.2) is 13.2 Å². The van der Waals surface area contributed by atoms with Crippen LogP contribution in [0.4, 0.5) is 29.3 Å². The van der Waals surface area contributed by atoms with Gasteiger partial charge in [-0.15, -0.1) is 0 Å². The van der Waals surface area contributed by atoms with E-state index in [-0.39, 0.29) is 22.0 Å². The minimum absolute atomic E-state index is 0.0427. The number of benzene rings is 2. The molecule has 2 N–H and O–H groups in total. The molecule has 2 aromatic rings. The van der Waals surface area contributed by atoms with E-state index in [1.54, 1.807) is 13.0 Å². The van der Waals surface area contributed by atoms with Gasteiger partial charge in [-0.2, -0.15) is 13.2 Å². The minimum atomic E-state index is -4.54. The van der Waals surface area contributed by atoms with Gasteiger partial charge in [0, 0.05) is 11.3 Å². The van der Waals surface area contributed by atoms with E-state index in [1.165, 1.54) is 24.3 Å². The Hall–Kier alpha value is -2.85. The molecule has 6 nitrogen and oxygen atoms in total. The molecule has 0 radical (unpaired) electrons. The summed E-state index contributed by atoms with van der Waals surface area (Å²) < 4.78 is 69.1. The molecular weight excluding hydrogens is 445 g/mol. The fourth-order valence-corrected chi connectivity index (χ4v) is 4.66. The number of amides is 2. The number of anilines is 2. The molecule has 1 heterocycles. The van der Waals surface area contributed by atoms with Crippen molar-refractivity contribution in [2.24, 2.45) is 0 Å². The molecule has 0 bridgehead atoms. The van der Waals surface area contributed by atoms with Crippen LogP contribution in [-0.2, 0) is 20.8 Å². The lowest BCUT2D eigenvalue weighted by Gasteiger charge is -2.19. The van der Waals surface area contributed by atoms with Gasteiger partial charge >= 0.3 is 12.2 Å². The highest BCUT2D eigenvalue weighted by Crippen LogP contribution is 2.32. The third-order valence-electron chi connectivity index (χ3n) is 4.83. The maximum atomic E-state index is 12.9. The number of rotatable bonds is 6. The van der Waals surface area contributed by atoms with Gasteiger partial charge in [-0.05, 0) is 48.7 Å². The lowest BCUT2D eigenvalue weighted by atomic mass is 9.99. The first-order valence-corrected chi connectivity index (χ1v) is 11.6. The number of alkyl halides is 3. The first-order valence-electron chi connectivity index (χ1n) is 9.99. The number of nitrogens with one attached hydrogen (secondary N) is 2. The van der Waals surface area contributed by atoms with E-state index >= 15 is 0 Å². The molecule has 2 aromatic carbocycles. The van der Waals surface area contributed by atoms with Crippen LogP contribution < -0.4 is 10.6 Å². The van der Waals surface area contributed by atoms with E-state index < -0.39 is 27.6 Å². The van der Waals surface area contributed by atoms with Gasteiger partial charge < -0.3 is 15.4 Å². The Morgan fingerprint density at radius 1 is 1.12 bits per heavy atom. The zero-order valence-electron chi connectivity index (χ0n) is 17.3. The number of hydrogen-bond acceptors (Lipinski definition) is 4. The Morgan fingerprint density at radius 3 is 2.56 bits per heavy atom. The summed E-state index contributed by atoms with van der Waals surface area (Å²) in [5, 5.41) is 4.96. The summed E-state index contributed by atoms with van der Waals surface area (Å²) in [5.74, 6) is -0.0429. The standard InChI is InChI=1S/C22H23F3N2O4S/c1-2-12-32(29,30)18-6-7-19(15-8-10-31-11-9-15)20(14-18)27-21(28)26-17-5-3-4-16(13-17)22(23,24)25/h3-8,13-14H,2,9-12H2,1H3,(H2,26,27,28). The third-order valence-corrected chi connectivity index (χ3v) is 6.75. The molecule has 1 aliphatic rings. The average Bonchev–Trinajstić information content (AvgIpc) is 2.74. The Morgan fingerprint density at radius 2 is 1.91 bits per heavy atom. The molecule has 0 aliphatic carbocycles. The van der Waals surface area contributed by atoms with Crippen LogP contribution in [0.1, 0.15) is 30.9 Å². The smallest absolute Gasteiger partial charge is 0.377 e. The largest absolute Gasteiger partial charge is 0.416 e. The summed E-state index contributed by atoms with van der Waals surface area (Å²) in [6.45, 7) is 2.62. The van der Waals surface area contributed by atoms with E-state index in [0.717, 1.165) is 17.7 Å². The molecular formula is C22H23F3N2O4S. The molecule has 2 amide bonds. The fraction of sp³-hybridized carbons (Fsp3) is 0.318. The molecule has 1 aliphatic heterocycles. The second-order valence-electron chi connectivity index (χ2n) is 7.24. The maximum Gasteiger partial charge on any atom is 0.416 e. The topological polar surface area (TPSA) is 84.5 Å². The van der Waals surface area contributed by atoms with Crippen molar-refractivity contribution in [2.45, 2.75) is 30.8 Å². The first-order chi connectivity index (χ1) is 15.1. The summed E-state index contributed by atoms with van der Waals surface area (Å²) in [5.41, 5.74) is 0.822. The summed E-state index contributed by atoms with van der Waals surface area (Å²) in [6, 6.07) is 7.95. The number of carbonyl (C=O) groups excluding carboxylic acids is 1. The van der Waals surface area contributed by atoms with Crippen LogP contribution in [0.25, 0.3) is 5.57 Å². The van der Waals surface area contributed by atoms with E-state index in [4.69, 9.17) is 4.74 Å². The first kappa shape index (κ1) is 23.8. The van der Waals surface area contributed by atoms with E-state index in [9.17, 15) is 26.4 Å². The Labute approximate surface area is 184 Å². The van der Waals surface area contributed by atoms with Crippen LogP contribution in [0.3, 0.4) is 0 Å². The molecule has 3 rings (SSSR count). The minimum Gasteiger partial charge on any atom is -0.377 e. The highest BCUT2D eigenvalue weighted by molar-refractivity contribution is 7.91. The van der Waals surface area contributed by atoms with Crippen LogP contribution in [0, 0.1) is 0 Å². The van der Waals surface area contributed by atoms with Gasteiger partial charge in [0.1, 0.15) is 0 Å². The molecule has 0 spiro atoms. The molecule has 0 fully saturated rings. The lowest BCUT2D eigenvalue weighted by Crippen LogP contribution is -2.21. The monoisotopic (exact) mass is 468 g/mol. The van der Waals surface area contributed by atoms with E-state index in [2.05, 4.69) is 10.6 Å². The van der Waals surface area contributed by atoms with Crippen LogP contribution in [-0.4, -0.2) is 33.4 Å². The number of urea groups is 1. The van der Waals surface area contributed by atoms with E-state index in [0.29, 0.717) is 31.6 Å². The second-order valence-corrected chi connectivity index (χ2v) is 9.35. The predicted molar refractivity (Wildman–Crippen MR) is 116 cm³/mol. The molecule has 0 saturated heterocycles. The van der Waals surface area contributed by atoms with Crippen molar-refractivity contribution < 1.29 is 31.1 Å². The second kappa shape index (κ2) is 9.74. The van der Waals surface area contributed by atoms with Crippen molar-refractivity contribution in [2.75, 3.05) is 29.6 Å². The molecule has 0 unspecified atom stereocenters. The van der Waals surface area contributed by atoms with Crippen LogP contribution in [0.15, 0.2) is 53.4 Å². The molecule has 10 heteroatoms. The average molecular weight is 468 g/mol. The maximum absolute atomic E-state index is 12.9. The normalized spacial score (nSPS) is 14.6. The van der Waals surface area contributed by atoms with Crippen LogP contribution in [0.5, 0.6) is 0 Å². The van der Waals surface area contributed by atoms with Crippen molar-refractivity contribution in [1.29, 1.82) is 0 Å². The van der Waals surface area contributed by atoms with Crippen LogP contribution >= 0.6 is 0 Å². The van der Waals surface area contributed by atoms with Crippen molar-refractivity contribution in [3.8, 4) is 0 Å². The third kappa shape index (κ3) is 5.89. The highest BCUT2D eigenvalue weighted by atomic mass is 32.2. The molecule has 0 atom stereocenters. The number of hydrogen-bond donors (Lipinski definition) is 2. The summed E-state index contributed by atoms with van der Waals surface area (Å²) in [7, 11) is -3.54. The Bertz CT molecular complexity index is 1130.